The van der Waals surface area contributed by atoms with Gasteiger partial charge in [0.2, 0.25) is 0 Å². The van der Waals surface area contributed by atoms with Crippen LogP contribution in [0.2, 0.25) is 0 Å². The van der Waals surface area contributed by atoms with Gasteiger partial charge in [0.05, 0.1) is 16.6 Å². The third-order valence-corrected chi connectivity index (χ3v) is 2.81. The Bertz CT molecular complexity index is 652. The van der Waals surface area contributed by atoms with Crippen molar-refractivity contribution in [1.29, 1.82) is 0 Å². The molecule has 3 rings (SSSR count). The van der Waals surface area contributed by atoms with Crippen molar-refractivity contribution >= 4 is 33.2 Å². The predicted molar refractivity (Wildman–Crippen MR) is 62.8 cm³/mol. The monoisotopic (exact) mass is 198 g/mol. The highest BCUT2D eigenvalue weighted by Crippen LogP contribution is 2.31. The van der Waals surface area contributed by atoms with E-state index in [4.69, 9.17) is 5.73 Å². The van der Waals surface area contributed by atoms with Crippen molar-refractivity contribution in [2.24, 2.45) is 0 Å². The van der Waals surface area contributed by atoms with Crippen LogP contribution in [-0.4, -0.2) is 4.98 Å². The van der Waals surface area contributed by atoms with Crippen LogP contribution in [-0.2, 0) is 0 Å². The highest BCUT2D eigenvalue weighted by atomic mass is 14.7. The van der Waals surface area contributed by atoms with Gasteiger partial charge in [-0.1, -0.05) is 18.2 Å². The van der Waals surface area contributed by atoms with Gasteiger partial charge in [0.15, 0.2) is 5.69 Å². The molecule has 0 saturated heterocycles. The van der Waals surface area contributed by atoms with Crippen LogP contribution in [0.1, 0.15) is 0 Å². The summed E-state index contributed by atoms with van der Waals surface area (Å²) in [7, 11) is 0. The maximum absolute atomic E-state index is 5.86. The van der Waals surface area contributed by atoms with E-state index in [1.165, 1.54) is 5.39 Å². The lowest BCUT2D eigenvalue weighted by Gasteiger charge is -1.97. The molecular weight excluding hydrogens is 186 g/mol. The van der Waals surface area contributed by atoms with Crippen LogP contribution in [0, 0.1) is 0 Å². The molecule has 3 nitrogen and oxygen atoms in total. The molecule has 0 aliphatic carbocycles. The van der Waals surface area contributed by atoms with Crippen molar-refractivity contribution in [2.75, 3.05) is 5.73 Å². The Morgan fingerprint density at radius 1 is 1.00 bits per heavy atom. The molecule has 0 aliphatic heterocycles. The Kier molecular flexibility index (Phi) is 1.52. The van der Waals surface area contributed by atoms with Gasteiger partial charge in [-0.05, 0) is 18.2 Å². The first-order valence-electron chi connectivity index (χ1n) is 4.88. The largest absolute Gasteiger partial charge is 0.394 e. The molecular formula is C12H12N3+. The van der Waals surface area contributed by atoms with Crippen LogP contribution >= 0.6 is 0 Å². The fourth-order valence-corrected chi connectivity index (χ4v) is 2.03. The summed E-state index contributed by atoms with van der Waals surface area (Å²) in [5.74, 6) is 0. The number of nitrogens with one attached hydrogen (secondary N) is 1. The minimum Gasteiger partial charge on any atom is -0.394 e. The van der Waals surface area contributed by atoms with Gasteiger partial charge in [0, 0.05) is 10.9 Å². The van der Waals surface area contributed by atoms with E-state index in [1.54, 1.807) is 0 Å². The second-order valence-corrected chi connectivity index (χ2v) is 3.73. The van der Waals surface area contributed by atoms with E-state index in [1.807, 2.05) is 24.3 Å². The number of hydrogen-bond acceptors (Lipinski definition) is 1. The number of fused-ring (bicyclic) bond motifs is 3. The molecule has 3 aromatic rings. The smallest absolute Gasteiger partial charge is 0.161 e. The zero-order chi connectivity index (χ0) is 10.4. The molecule has 0 fully saturated rings. The SMILES string of the molecule is Nc1ccc2[nH]c3ccccc3c2c1[NH3+]. The first kappa shape index (κ1) is 8.32. The Balaban J connectivity index is 2.63. The number of hydrogen-bond donors (Lipinski definition) is 3. The van der Waals surface area contributed by atoms with Gasteiger partial charge in [0.25, 0.3) is 0 Å². The van der Waals surface area contributed by atoms with Gasteiger partial charge in [0.1, 0.15) is 0 Å². The summed E-state index contributed by atoms with van der Waals surface area (Å²) in [6.45, 7) is 0. The summed E-state index contributed by atoms with van der Waals surface area (Å²) in [6, 6.07) is 12.1. The highest BCUT2D eigenvalue weighted by Gasteiger charge is 2.10. The Morgan fingerprint density at radius 3 is 2.67 bits per heavy atom. The molecule has 0 bridgehead atoms. The molecule has 0 aliphatic rings. The van der Waals surface area contributed by atoms with Gasteiger partial charge < -0.3 is 16.5 Å². The number of H-pyrrole nitrogens is 1. The number of nitrogen functional groups attached to an aromatic ring is 1. The Morgan fingerprint density at radius 2 is 1.80 bits per heavy atom. The zero-order valence-corrected chi connectivity index (χ0v) is 8.25. The maximum atomic E-state index is 5.86. The number of nitrogens with two attached hydrogens (primary N) is 1. The van der Waals surface area contributed by atoms with E-state index >= 15 is 0 Å². The summed E-state index contributed by atoms with van der Waals surface area (Å²) in [6.07, 6.45) is 0. The second kappa shape index (κ2) is 2.74. The number of aromatic nitrogens is 1. The van der Waals surface area contributed by atoms with E-state index in [0.29, 0.717) is 0 Å². The molecule has 2 aromatic carbocycles. The van der Waals surface area contributed by atoms with E-state index < -0.39 is 0 Å². The van der Waals surface area contributed by atoms with Crippen LogP contribution in [0.4, 0.5) is 11.4 Å². The molecule has 0 amide bonds. The molecule has 74 valence electrons. The van der Waals surface area contributed by atoms with Crippen molar-refractivity contribution in [2.45, 2.75) is 0 Å². The van der Waals surface area contributed by atoms with E-state index in [2.05, 4.69) is 22.9 Å². The molecule has 0 radical (unpaired) electrons. The second-order valence-electron chi connectivity index (χ2n) is 3.73. The number of anilines is 1. The molecule has 6 N–H and O–H groups in total. The van der Waals surface area contributed by atoms with Crippen molar-refractivity contribution < 1.29 is 5.73 Å². The third-order valence-electron chi connectivity index (χ3n) is 2.81. The number of para-hydroxylation sites is 1. The molecule has 0 unspecified atom stereocenters. The van der Waals surface area contributed by atoms with Crippen LogP contribution in [0.5, 0.6) is 0 Å². The molecule has 1 aromatic heterocycles. The topological polar surface area (TPSA) is 69.5 Å². The van der Waals surface area contributed by atoms with Gasteiger partial charge >= 0.3 is 0 Å². The molecule has 15 heavy (non-hydrogen) atoms. The fourth-order valence-electron chi connectivity index (χ4n) is 2.03. The fraction of sp³-hybridized carbons (Fsp3) is 0. The van der Waals surface area contributed by atoms with Crippen molar-refractivity contribution in [3.05, 3.63) is 36.4 Å². The minimum absolute atomic E-state index is 0.743. The third kappa shape index (κ3) is 1.04. The standard InChI is InChI=1S/C12H11N3/c13-8-5-6-10-11(12(8)14)7-3-1-2-4-9(7)15-10/h1-6,15H,13-14H2/p+1. The average molecular weight is 198 g/mol. The van der Waals surface area contributed by atoms with E-state index in [0.717, 1.165) is 27.8 Å². The molecule has 3 heteroatoms. The lowest BCUT2D eigenvalue weighted by atomic mass is 10.1. The lowest BCUT2D eigenvalue weighted by Crippen LogP contribution is -2.41. The maximum Gasteiger partial charge on any atom is 0.161 e. The number of benzene rings is 2. The van der Waals surface area contributed by atoms with E-state index in [9.17, 15) is 0 Å². The van der Waals surface area contributed by atoms with Crippen LogP contribution in [0.3, 0.4) is 0 Å². The number of quaternary nitrogens is 1. The summed E-state index contributed by atoms with van der Waals surface area (Å²) in [5.41, 5.74) is 13.8. The Hall–Kier alpha value is -2.00. The number of rotatable bonds is 0. The van der Waals surface area contributed by atoms with Gasteiger partial charge in [-0.2, -0.15) is 0 Å². The molecule has 0 saturated carbocycles. The highest BCUT2D eigenvalue weighted by molar-refractivity contribution is 6.13. The summed E-state index contributed by atoms with van der Waals surface area (Å²) < 4.78 is 0. The van der Waals surface area contributed by atoms with Gasteiger partial charge in [-0.15, -0.1) is 0 Å². The van der Waals surface area contributed by atoms with Crippen molar-refractivity contribution in [3.63, 3.8) is 0 Å². The van der Waals surface area contributed by atoms with Crippen molar-refractivity contribution in [1.82, 2.24) is 4.98 Å². The van der Waals surface area contributed by atoms with E-state index in [-0.39, 0.29) is 0 Å². The zero-order valence-electron chi connectivity index (χ0n) is 8.25. The summed E-state index contributed by atoms with van der Waals surface area (Å²) >= 11 is 0. The van der Waals surface area contributed by atoms with Gasteiger partial charge in [-0.3, -0.25) is 0 Å². The first-order valence-corrected chi connectivity index (χ1v) is 4.88. The first-order chi connectivity index (χ1) is 7.27. The lowest BCUT2D eigenvalue weighted by molar-refractivity contribution is -0.251. The van der Waals surface area contributed by atoms with Crippen LogP contribution in [0.15, 0.2) is 36.4 Å². The number of aromatic amines is 1. The normalized spacial score (nSPS) is 11.3. The summed E-state index contributed by atoms with van der Waals surface area (Å²) in [4.78, 5) is 3.35. The molecule has 0 atom stereocenters. The predicted octanol–water partition coefficient (Wildman–Crippen LogP) is 1.78. The van der Waals surface area contributed by atoms with Gasteiger partial charge in [-0.25, -0.2) is 0 Å². The summed E-state index contributed by atoms with van der Waals surface area (Å²) in [5, 5.41) is 2.32. The van der Waals surface area contributed by atoms with Crippen LogP contribution < -0.4 is 11.5 Å². The average Bonchev–Trinajstić information content (AvgIpc) is 2.62. The molecule has 0 spiro atoms. The van der Waals surface area contributed by atoms with Crippen LogP contribution in [0.25, 0.3) is 21.8 Å². The quantitative estimate of drug-likeness (QED) is 0.473. The Labute approximate surface area is 86.7 Å². The molecule has 1 heterocycles. The van der Waals surface area contributed by atoms with Crippen molar-refractivity contribution in [3.8, 4) is 0 Å². The minimum atomic E-state index is 0.743.